The first-order valence-corrected chi connectivity index (χ1v) is 6.99. The highest BCUT2D eigenvalue weighted by molar-refractivity contribution is 5.94. The molecule has 1 aromatic rings. The lowest BCUT2D eigenvalue weighted by molar-refractivity contribution is -0.117. The maximum atomic E-state index is 12.0. The van der Waals surface area contributed by atoms with Crippen LogP contribution in [-0.2, 0) is 16.1 Å². The van der Waals surface area contributed by atoms with E-state index in [-0.39, 0.29) is 17.4 Å². The van der Waals surface area contributed by atoms with Gasteiger partial charge in [-0.05, 0) is 35.6 Å². The number of aromatic carboxylic acids is 1. The first-order valence-electron chi connectivity index (χ1n) is 6.99. The van der Waals surface area contributed by atoms with Crippen molar-refractivity contribution in [1.29, 1.82) is 0 Å². The zero-order valence-corrected chi connectivity index (χ0v) is 13.0. The van der Waals surface area contributed by atoms with E-state index in [2.05, 4.69) is 19.2 Å². The summed E-state index contributed by atoms with van der Waals surface area (Å²) < 4.78 is 5.01. The Kier molecular flexibility index (Phi) is 6.37. The summed E-state index contributed by atoms with van der Waals surface area (Å²) in [6, 6.07) is 4.73. The fraction of sp³-hybridized carbons (Fsp3) is 0.500. The highest BCUT2D eigenvalue weighted by atomic mass is 16.5. The van der Waals surface area contributed by atoms with Crippen LogP contribution in [0.5, 0.6) is 0 Å². The third kappa shape index (κ3) is 5.55. The minimum absolute atomic E-state index is 0.109. The van der Waals surface area contributed by atoms with E-state index in [0.29, 0.717) is 30.2 Å². The van der Waals surface area contributed by atoms with Crippen LogP contribution in [0.4, 0.5) is 5.69 Å². The third-order valence-electron chi connectivity index (χ3n) is 3.48. The Balaban J connectivity index is 2.86. The summed E-state index contributed by atoms with van der Waals surface area (Å²) in [4.78, 5) is 23.1. The highest BCUT2D eigenvalue weighted by Gasteiger charge is 2.14. The molecule has 0 aliphatic heterocycles. The van der Waals surface area contributed by atoms with E-state index >= 15 is 0 Å². The molecule has 0 saturated carbocycles. The average Bonchev–Trinajstić information content (AvgIpc) is 2.38. The van der Waals surface area contributed by atoms with Gasteiger partial charge in [-0.3, -0.25) is 4.79 Å². The van der Waals surface area contributed by atoms with E-state index in [4.69, 9.17) is 9.84 Å². The lowest BCUT2D eigenvalue weighted by atomic mass is 9.94. The van der Waals surface area contributed by atoms with E-state index in [9.17, 15) is 9.59 Å². The van der Waals surface area contributed by atoms with Crippen molar-refractivity contribution < 1.29 is 19.4 Å². The number of rotatable bonds is 7. The fourth-order valence-corrected chi connectivity index (χ4v) is 1.88. The number of carboxylic acid groups (broad SMARTS) is 1. The normalized spacial score (nSPS) is 12.2. The number of anilines is 1. The number of amides is 1. The molecule has 21 heavy (non-hydrogen) atoms. The number of hydrogen-bond acceptors (Lipinski definition) is 3. The van der Waals surface area contributed by atoms with E-state index in [0.717, 1.165) is 0 Å². The van der Waals surface area contributed by atoms with Crippen molar-refractivity contribution in [3.05, 3.63) is 29.3 Å². The van der Waals surface area contributed by atoms with Crippen LogP contribution < -0.4 is 5.32 Å². The number of nitrogens with one attached hydrogen (secondary N) is 1. The molecule has 0 aromatic heterocycles. The number of benzene rings is 1. The summed E-state index contributed by atoms with van der Waals surface area (Å²) in [5.74, 6) is -0.447. The Labute approximate surface area is 125 Å². The topological polar surface area (TPSA) is 75.6 Å². The first-order chi connectivity index (χ1) is 9.83. The Bertz CT molecular complexity index is 511. The monoisotopic (exact) mass is 293 g/mol. The second kappa shape index (κ2) is 7.78. The van der Waals surface area contributed by atoms with E-state index in [1.165, 1.54) is 19.2 Å². The smallest absolute Gasteiger partial charge is 0.335 e. The molecule has 116 valence electrons. The SMILES string of the molecule is COCc1cc(NC(=O)CC(C)C(C)C)cc(C(=O)O)c1. The van der Waals surface area contributed by atoms with Crippen LogP contribution >= 0.6 is 0 Å². The molecule has 5 nitrogen and oxygen atoms in total. The van der Waals surface area contributed by atoms with Gasteiger partial charge in [-0.25, -0.2) is 4.79 Å². The van der Waals surface area contributed by atoms with Crippen LogP contribution in [0.3, 0.4) is 0 Å². The van der Waals surface area contributed by atoms with Crippen molar-refractivity contribution in [2.45, 2.75) is 33.8 Å². The summed E-state index contributed by atoms with van der Waals surface area (Å²) in [7, 11) is 1.54. The minimum atomic E-state index is -1.03. The number of methoxy groups -OCH3 is 1. The fourth-order valence-electron chi connectivity index (χ4n) is 1.88. The van der Waals surface area contributed by atoms with Gasteiger partial charge in [0, 0.05) is 19.2 Å². The van der Waals surface area contributed by atoms with Crippen LogP contribution in [-0.4, -0.2) is 24.1 Å². The van der Waals surface area contributed by atoms with Crippen LogP contribution in [0.1, 0.15) is 43.1 Å². The van der Waals surface area contributed by atoms with Gasteiger partial charge >= 0.3 is 5.97 Å². The maximum absolute atomic E-state index is 12.0. The molecule has 2 N–H and O–H groups in total. The lowest BCUT2D eigenvalue weighted by Crippen LogP contribution is -2.18. The van der Waals surface area contributed by atoms with E-state index in [1.54, 1.807) is 6.07 Å². The van der Waals surface area contributed by atoms with Gasteiger partial charge in [-0.15, -0.1) is 0 Å². The quantitative estimate of drug-likeness (QED) is 0.809. The number of carbonyl (C=O) groups excluding carboxylic acids is 1. The predicted molar refractivity (Wildman–Crippen MR) is 81.4 cm³/mol. The van der Waals surface area contributed by atoms with Crippen LogP contribution in [0.25, 0.3) is 0 Å². The Morgan fingerprint density at radius 1 is 1.24 bits per heavy atom. The molecule has 0 spiro atoms. The van der Waals surface area contributed by atoms with Gasteiger partial charge in [-0.2, -0.15) is 0 Å². The molecule has 1 aromatic carbocycles. The number of carboxylic acids is 1. The molecule has 0 aliphatic carbocycles. The van der Waals surface area contributed by atoms with E-state index in [1.807, 2.05) is 6.92 Å². The number of hydrogen-bond donors (Lipinski definition) is 2. The van der Waals surface area contributed by atoms with Crippen molar-refractivity contribution in [3.8, 4) is 0 Å². The molecule has 5 heteroatoms. The number of ether oxygens (including phenoxy) is 1. The molecule has 0 bridgehead atoms. The van der Waals surface area contributed by atoms with Crippen molar-refractivity contribution in [2.75, 3.05) is 12.4 Å². The zero-order valence-electron chi connectivity index (χ0n) is 13.0. The average molecular weight is 293 g/mol. The Morgan fingerprint density at radius 3 is 2.43 bits per heavy atom. The van der Waals surface area contributed by atoms with Gasteiger partial charge < -0.3 is 15.2 Å². The molecule has 1 atom stereocenters. The van der Waals surface area contributed by atoms with Crippen molar-refractivity contribution in [3.63, 3.8) is 0 Å². The Morgan fingerprint density at radius 2 is 1.90 bits per heavy atom. The van der Waals surface area contributed by atoms with Gasteiger partial charge in [-0.1, -0.05) is 20.8 Å². The minimum Gasteiger partial charge on any atom is -0.478 e. The van der Waals surface area contributed by atoms with Gasteiger partial charge in [0.05, 0.1) is 12.2 Å². The molecule has 0 saturated heterocycles. The van der Waals surface area contributed by atoms with Crippen molar-refractivity contribution in [2.24, 2.45) is 11.8 Å². The molecule has 0 radical (unpaired) electrons. The highest BCUT2D eigenvalue weighted by Crippen LogP contribution is 2.19. The van der Waals surface area contributed by atoms with Gasteiger partial charge in [0.1, 0.15) is 0 Å². The van der Waals surface area contributed by atoms with E-state index < -0.39 is 5.97 Å². The van der Waals surface area contributed by atoms with Gasteiger partial charge in [0.2, 0.25) is 5.91 Å². The molecule has 0 aliphatic rings. The van der Waals surface area contributed by atoms with Crippen molar-refractivity contribution >= 4 is 17.6 Å². The zero-order chi connectivity index (χ0) is 16.0. The standard InChI is InChI=1S/C16H23NO4/c1-10(2)11(3)5-15(18)17-14-7-12(9-21-4)6-13(8-14)16(19)20/h6-8,10-11H,5,9H2,1-4H3,(H,17,18)(H,19,20). The van der Waals surface area contributed by atoms with Crippen LogP contribution in [0.2, 0.25) is 0 Å². The van der Waals surface area contributed by atoms with Gasteiger partial charge in [0.15, 0.2) is 0 Å². The molecule has 1 rings (SSSR count). The number of carbonyl (C=O) groups is 2. The summed E-state index contributed by atoms with van der Waals surface area (Å²) in [6.07, 6.45) is 0.411. The lowest BCUT2D eigenvalue weighted by Gasteiger charge is -2.15. The molecule has 1 amide bonds. The van der Waals surface area contributed by atoms with Crippen LogP contribution in [0, 0.1) is 11.8 Å². The molecule has 0 fully saturated rings. The largest absolute Gasteiger partial charge is 0.478 e. The molecule has 0 heterocycles. The Hall–Kier alpha value is -1.88. The van der Waals surface area contributed by atoms with Gasteiger partial charge in [0.25, 0.3) is 0 Å². The summed E-state index contributed by atoms with van der Waals surface area (Å²) >= 11 is 0. The summed E-state index contributed by atoms with van der Waals surface area (Å²) in [5, 5.41) is 11.9. The maximum Gasteiger partial charge on any atom is 0.335 e. The summed E-state index contributed by atoms with van der Waals surface area (Å²) in [6.45, 7) is 6.46. The molecule has 1 unspecified atom stereocenters. The van der Waals surface area contributed by atoms with Crippen LogP contribution in [0.15, 0.2) is 18.2 Å². The molecular formula is C16H23NO4. The predicted octanol–water partition coefficient (Wildman–Crippen LogP) is 3.15. The first kappa shape index (κ1) is 17.2. The second-order valence-electron chi connectivity index (χ2n) is 5.63. The molecular weight excluding hydrogens is 270 g/mol. The second-order valence-corrected chi connectivity index (χ2v) is 5.63. The third-order valence-corrected chi connectivity index (χ3v) is 3.48. The van der Waals surface area contributed by atoms with Crippen molar-refractivity contribution in [1.82, 2.24) is 0 Å². The summed E-state index contributed by atoms with van der Waals surface area (Å²) in [5.41, 5.74) is 1.34.